The van der Waals surface area contributed by atoms with Crippen LogP contribution in [0.3, 0.4) is 0 Å². The zero-order valence-corrected chi connectivity index (χ0v) is 10.9. The van der Waals surface area contributed by atoms with Gasteiger partial charge >= 0.3 is 5.97 Å². The zero-order valence-electron chi connectivity index (χ0n) is 10.9. The van der Waals surface area contributed by atoms with Gasteiger partial charge in [0, 0.05) is 13.1 Å². The molecule has 0 heterocycles. The van der Waals surface area contributed by atoms with Crippen LogP contribution in [0.25, 0.3) is 0 Å². The lowest BCUT2D eigenvalue weighted by molar-refractivity contribution is -0.159. The number of esters is 1. The number of methoxy groups -OCH3 is 2. The van der Waals surface area contributed by atoms with Gasteiger partial charge in [-0.25, -0.2) is 4.79 Å². The van der Waals surface area contributed by atoms with E-state index < -0.39 is 11.6 Å². The summed E-state index contributed by atoms with van der Waals surface area (Å²) in [4.78, 5) is 11.2. The third-order valence-corrected chi connectivity index (χ3v) is 2.56. The van der Waals surface area contributed by atoms with E-state index in [1.54, 1.807) is 7.11 Å². The molecule has 1 aromatic rings. The van der Waals surface area contributed by atoms with Crippen molar-refractivity contribution >= 4 is 5.97 Å². The van der Waals surface area contributed by atoms with E-state index >= 15 is 0 Å². The Morgan fingerprint density at radius 3 is 2.78 bits per heavy atom. The van der Waals surface area contributed by atoms with Gasteiger partial charge < -0.3 is 19.9 Å². The van der Waals surface area contributed by atoms with Gasteiger partial charge in [-0.1, -0.05) is 12.1 Å². The van der Waals surface area contributed by atoms with Crippen molar-refractivity contribution in [2.75, 3.05) is 20.8 Å². The molecule has 100 valence electrons. The summed E-state index contributed by atoms with van der Waals surface area (Å²) in [6, 6.07) is 7.56. The molecule has 18 heavy (non-hydrogen) atoms. The highest BCUT2D eigenvalue weighted by atomic mass is 16.5. The lowest BCUT2D eigenvalue weighted by Crippen LogP contribution is -2.45. The molecule has 0 bridgehead atoms. The molecule has 1 atom stereocenters. The van der Waals surface area contributed by atoms with E-state index in [0.29, 0.717) is 6.54 Å². The summed E-state index contributed by atoms with van der Waals surface area (Å²) in [5.41, 5.74) is -0.511. The summed E-state index contributed by atoms with van der Waals surface area (Å²) < 4.78 is 9.61. The Morgan fingerprint density at radius 2 is 2.17 bits per heavy atom. The minimum atomic E-state index is -1.52. The summed E-state index contributed by atoms with van der Waals surface area (Å²) in [6.07, 6.45) is 0. The van der Waals surface area contributed by atoms with Crippen molar-refractivity contribution in [2.45, 2.75) is 19.1 Å². The second kappa shape index (κ2) is 6.37. The van der Waals surface area contributed by atoms with E-state index in [1.165, 1.54) is 14.0 Å². The Balaban J connectivity index is 2.48. The SMILES string of the molecule is COC(=O)C(C)(O)CNCc1cccc(OC)c1. The summed E-state index contributed by atoms with van der Waals surface area (Å²) in [7, 11) is 2.85. The quantitative estimate of drug-likeness (QED) is 0.731. The third-order valence-electron chi connectivity index (χ3n) is 2.56. The van der Waals surface area contributed by atoms with Gasteiger partial charge in [-0.15, -0.1) is 0 Å². The van der Waals surface area contributed by atoms with Crippen LogP contribution in [0, 0.1) is 0 Å². The molecule has 1 aromatic carbocycles. The van der Waals surface area contributed by atoms with Crippen LogP contribution in [-0.4, -0.2) is 37.4 Å². The Hall–Kier alpha value is -1.59. The number of aliphatic hydroxyl groups is 1. The maximum absolute atomic E-state index is 11.2. The van der Waals surface area contributed by atoms with Crippen LogP contribution < -0.4 is 10.1 Å². The predicted octanol–water partition coefficient (Wildman–Crippen LogP) is 0.709. The monoisotopic (exact) mass is 253 g/mol. The molecule has 0 saturated heterocycles. The number of rotatable bonds is 6. The van der Waals surface area contributed by atoms with Crippen molar-refractivity contribution in [3.05, 3.63) is 29.8 Å². The van der Waals surface area contributed by atoms with Crippen molar-refractivity contribution in [1.82, 2.24) is 5.32 Å². The first-order valence-corrected chi connectivity index (χ1v) is 5.64. The molecule has 5 nitrogen and oxygen atoms in total. The maximum atomic E-state index is 11.2. The second-order valence-electron chi connectivity index (χ2n) is 4.22. The molecular weight excluding hydrogens is 234 g/mol. The Bertz CT molecular complexity index is 404. The molecule has 0 fully saturated rings. The largest absolute Gasteiger partial charge is 0.497 e. The Kier molecular flexibility index (Phi) is 5.12. The Morgan fingerprint density at radius 1 is 1.44 bits per heavy atom. The number of benzene rings is 1. The van der Waals surface area contributed by atoms with Crippen molar-refractivity contribution < 1.29 is 19.4 Å². The van der Waals surface area contributed by atoms with Crippen molar-refractivity contribution in [3.63, 3.8) is 0 Å². The fourth-order valence-electron chi connectivity index (χ4n) is 1.52. The molecule has 0 aromatic heterocycles. The molecule has 0 amide bonds. The Labute approximate surface area is 107 Å². The highest BCUT2D eigenvalue weighted by Gasteiger charge is 2.30. The van der Waals surface area contributed by atoms with Crippen LogP contribution in [0.1, 0.15) is 12.5 Å². The first-order valence-electron chi connectivity index (χ1n) is 5.64. The van der Waals surface area contributed by atoms with Gasteiger partial charge in [0.1, 0.15) is 5.75 Å². The first-order chi connectivity index (χ1) is 8.49. The van der Waals surface area contributed by atoms with Gasteiger partial charge in [0.05, 0.1) is 14.2 Å². The normalized spacial score (nSPS) is 13.8. The topological polar surface area (TPSA) is 67.8 Å². The second-order valence-corrected chi connectivity index (χ2v) is 4.22. The van der Waals surface area contributed by atoms with Gasteiger partial charge in [-0.2, -0.15) is 0 Å². The molecule has 0 spiro atoms. The summed E-state index contributed by atoms with van der Waals surface area (Å²) >= 11 is 0. The van der Waals surface area contributed by atoms with Crippen LogP contribution in [-0.2, 0) is 16.1 Å². The van der Waals surface area contributed by atoms with Crippen molar-refractivity contribution in [2.24, 2.45) is 0 Å². The number of hydrogen-bond donors (Lipinski definition) is 2. The van der Waals surface area contributed by atoms with E-state index in [4.69, 9.17) is 4.74 Å². The van der Waals surface area contributed by atoms with E-state index in [2.05, 4.69) is 10.1 Å². The fraction of sp³-hybridized carbons (Fsp3) is 0.462. The molecule has 0 radical (unpaired) electrons. The average Bonchev–Trinajstić information content (AvgIpc) is 2.37. The number of carbonyl (C=O) groups is 1. The minimum Gasteiger partial charge on any atom is -0.497 e. The van der Waals surface area contributed by atoms with Gasteiger partial charge in [-0.3, -0.25) is 0 Å². The molecule has 0 saturated carbocycles. The molecule has 0 aliphatic heterocycles. The highest BCUT2D eigenvalue weighted by Crippen LogP contribution is 2.12. The van der Waals surface area contributed by atoms with Gasteiger partial charge in [-0.05, 0) is 24.6 Å². The van der Waals surface area contributed by atoms with Gasteiger partial charge in [0.2, 0.25) is 0 Å². The van der Waals surface area contributed by atoms with Crippen LogP contribution in [0.4, 0.5) is 0 Å². The van der Waals surface area contributed by atoms with Crippen molar-refractivity contribution in [3.8, 4) is 5.75 Å². The lowest BCUT2D eigenvalue weighted by Gasteiger charge is -2.20. The fourth-order valence-corrected chi connectivity index (χ4v) is 1.52. The van der Waals surface area contributed by atoms with Crippen LogP contribution in [0.2, 0.25) is 0 Å². The number of hydrogen-bond acceptors (Lipinski definition) is 5. The average molecular weight is 253 g/mol. The van der Waals surface area contributed by atoms with E-state index in [1.807, 2.05) is 24.3 Å². The van der Waals surface area contributed by atoms with Crippen LogP contribution in [0.15, 0.2) is 24.3 Å². The molecule has 5 heteroatoms. The minimum absolute atomic E-state index is 0.122. The van der Waals surface area contributed by atoms with E-state index in [-0.39, 0.29) is 6.54 Å². The highest BCUT2D eigenvalue weighted by molar-refractivity contribution is 5.78. The van der Waals surface area contributed by atoms with Crippen LogP contribution in [0.5, 0.6) is 5.75 Å². The number of ether oxygens (including phenoxy) is 2. The number of nitrogens with one attached hydrogen (secondary N) is 1. The molecule has 0 aliphatic carbocycles. The molecule has 1 unspecified atom stereocenters. The van der Waals surface area contributed by atoms with Crippen molar-refractivity contribution in [1.29, 1.82) is 0 Å². The lowest BCUT2D eigenvalue weighted by atomic mass is 10.1. The van der Waals surface area contributed by atoms with E-state index in [9.17, 15) is 9.90 Å². The molecule has 1 rings (SSSR count). The standard InChI is InChI=1S/C13H19NO4/c1-13(16,12(15)18-3)9-14-8-10-5-4-6-11(7-10)17-2/h4-7,14,16H,8-9H2,1-3H3. The molecule has 0 aliphatic rings. The maximum Gasteiger partial charge on any atom is 0.338 e. The first kappa shape index (κ1) is 14.5. The zero-order chi connectivity index (χ0) is 13.6. The third kappa shape index (κ3) is 4.01. The number of carbonyl (C=O) groups excluding carboxylic acids is 1. The van der Waals surface area contributed by atoms with Crippen LogP contribution >= 0.6 is 0 Å². The molecular formula is C13H19NO4. The summed E-state index contributed by atoms with van der Waals surface area (Å²) in [6.45, 7) is 2.07. The van der Waals surface area contributed by atoms with Gasteiger partial charge in [0.15, 0.2) is 5.60 Å². The summed E-state index contributed by atoms with van der Waals surface area (Å²) in [5.74, 6) is 0.120. The summed E-state index contributed by atoms with van der Waals surface area (Å²) in [5, 5.41) is 12.8. The smallest absolute Gasteiger partial charge is 0.338 e. The molecule has 2 N–H and O–H groups in total. The van der Waals surface area contributed by atoms with E-state index in [0.717, 1.165) is 11.3 Å². The van der Waals surface area contributed by atoms with Gasteiger partial charge in [0.25, 0.3) is 0 Å². The predicted molar refractivity (Wildman–Crippen MR) is 67.3 cm³/mol.